The van der Waals surface area contributed by atoms with Crippen molar-refractivity contribution in [2.24, 2.45) is 0 Å². The van der Waals surface area contributed by atoms with Crippen molar-refractivity contribution in [3.63, 3.8) is 0 Å². The molecule has 0 aromatic rings. The topological polar surface area (TPSA) is 21.7 Å². The van der Waals surface area contributed by atoms with Gasteiger partial charge in [0.05, 0.1) is 0 Å². The van der Waals surface area contributed by atoms with Crippen molar-refractivity contribution in [2.75, 3.05) is 20.3 Å². The van der Waals surface area contributed by atoms with E-state index in [4.69, 9.17) is 9.16 Å². The number of likely N-dealkylation sites (N-methyl/N-ethyl adjacent to an activating group) is 1. The van der Waals surface area contributed by atoms with E-state index < -0.39 is 8.32 Å². The van der Waals surface area contributed by atoms with Gasteiger partial charge in [0.2, 0.25) is 0 Å². The van der Waals surface area contributed by atoms with E-state index in [-0.39, 0.29) is 5.60 Å². The third-order valence-corrected chi connectivity index (χ3v) is 4.57. The fourth-order valence-electron chi connectivity index (χ4n) is 1.94. The van der Waals surface area contributed by atoms with Crippen LogP contribution in [-0.4, -0.2) is 43.6 Å². The zero-order valence-corrected chi connectivity index (χ0v) is 16.7. The molecule has 0 heterocycles. The van der Waals surface area contributed by atoms with Gasteiger partial charge in [-0.05, 0) is 0 Å². The van der Waals surface area contributed by atoms with Crippen LogP contribution < -0.4 is 0 Å². The van der Waals surface area contributed by atoms with Gasteiger partial charge in [-0.2, -0.15) is 0 Å². The van der Waals surface area contributed by atoms with Gasteiger partial charge in [-0.1, -0.05) is 0 Å². The van der Waals surface area contributed by atoms with Gasteiger partial charge < -0.3 is 0 Å². The summed E-state index contributed by atoms with van der Waals surface area (Å²) in [7, 11) is 0.493. The van der Waals surface area contributed by atoms with Crippen LogP contribution in [-0.2, 0) is 28.5 Å². The Kier molecular flexibility index (Phi) is 7.84. The molecule has 5 heteroatoms. The van der Waals surface area contributed by atoms with Gasteiger partial charge >= 0.3 is 124 Å². The van der Waals surface area contributed by atoms with Gasteiger partial charge in [-0.15, -0.1) is 0 Å². The Hall–Kier alpha value is 0.235. The quantitative estimate of drug-likeness (QED) is 0.427. The maximum absolute atomic E-state index is 6.30. The van der Waals surface area contributed by atoms with E-state index in [2.05, 4.69) is 56.0 Å². The number of hydrogen-bond donors (Lipinski definition) is 0. The Balaban J connectivity index is 5.04. The molecule has 0 aromatic carbocycles. The SMILES string of the molecule is CCOC/C=C(\N(C)[CH]=[W])C(C)(C)O[Si](C)(C)C. The van der Waals surface area contributed by atoms with E-state index in [1.807, 2.05) is 6.92 Å². The summed E-state index contributed by atoms with van der Waals surface area (Å²) in [6.07, 6.45) is 2.13. The van der Waals surface area contributed by atoms with E-state index in [0.717, 1.165) is 6.61 Å². The van der Waals surface area contributed by atoms with Gasteiger partial charge in [0.1, 0.15) is 0 Å². The molecule has 18 heavy (non-hydrogen) atoms. The Bertz CT molecular complexity index is 298. The van der Waals surface area contributed by atoms with Crippen molar-refractivity contribution in [3.8, 4) is 0 Å². The summed E-state index contributed by atoms with van der Waals surface area (Å²) in [6.45, 7) is 14.3. The van der Waals surface area contributed by atoms with Crippen LogP contribution >= 0.6 is 0 Å². The molecule has 0 aliphatic heterocycles. The first-order chi connectivity index (χ1) is 8.14. The summed E-state index contributed by atoms with van der Waals surface area (Å²) in [5.74, 6) is 0. The van der Waals surface area contributed by atoms with Gasteiger partial charge in [-0.25, -0.2) is 0 Å². The molecule has 0 amide bonds. The molecule has 0 N–H and O–H groups in total. The third kappa shape index (κ3) is 6.98. The van der Waals surface area contributed by atoms with Crippen LogP contribution in [0.15, 0.2) is 11.8 Å². The molecule has 0 rings (SSSR count). The van der Waals surface area contributed by atoms with Crippen LogP contribution in [0.4, 0.5) is 0 Å². The van der Waals surface area contributed by atoms with Crippen molar-refractivity contribution >= 4 is 12.8 Å². The fraction of sp³-hybridized carbons (Fsp3) is 0.769. The van der Waals surface area contributed by atoms with Gasteiger partial charge in [0.25, 0.3) is 0 Å². The molecule has 0 bridgehead atoms. The zero-order valence-electron chi connectivity index (χ0n) is 12.7. The normalized spacial score (nSPS) is 13.6. The minimum absolute atomic E-state index is 0.276. The molecule has 0 saturated heterocycles. The molecular formula is C13H27NO2SiW. The average Bonchev–Trinajstić information content (AvgIpc) is 2.19. The molecule has 3 nitrogen and oxygen atoms in total. The number of ether oxygens (including phenoxy) is 1. The van der Waals surface area contributed by atoms with E-state index >= 15 is 0 Å². The van der Waals surface area contributed by atoms with Crippen molar-refractivity contribution in [1.82, 2.24) is 4.90 Å². The fourth-order valence-corrected chi connectivity index (χ4v) is 3.99. The van der Waals surface area contributed by atoms with Crippen LogP contribution in [0.1, 0.15) is 20.8 Å². The predicted molar refractivity (Wildman–Crippen MR) is 76.9 cm³/mol. The molecule has 0 aliphatic carbocycles. The minimum atomic E-state index is -1.58. The summed E-state index contributed by atoms with van der Waals surface area (Å²) < 4.78 is 13.9. The van der Waals surface area contributed by atoms with Crippen LogP contribution in [0.5, 0.6) is 0 Å². The standard InChI is InChI=1S/C13H27NO2Si.W/c1-9-15-11-10-12(14(4)5)13(2,3)16-17(6,7)8;/h4,10H,9,11H2,1-3,5-8H3;/b12-10-;. The first-order valence-electron chi connectivity index (χ1n) is 6.30. The van der Waals surface area contributed by atoms with Gasteiger partial charge in [0, 0.05) is 0 Å². The summed E-state index contributed by atoms with van der Waals surface area (Å²) in [5, 5.41) is 0. The van der Waals surface area contributed by atoms with E-state index in [9.17, 15) is 0 Å². The van der Waals surface area contributed by atoms with Gasteiger partial charge in [0.15, 0.2) is 0 Å². The second kappa shape index (κ2) is 7.73. The molecule has 0 atom stereocenters. The molecule has 0 saturated carbocycles. The Morgan fingerprint density at radius 3 is 2.28 bits per heavy atom. The van der Waals surface area contributed by atoms with Crippen molar-refractivity contribution < 1.29 is 28.5 Å². The first-order valence-corrected chi connectivity index (χ1v) is 11.4. The molecule has 0 radical (unpaired) electrons. The summed E-state index contributed by atoms with van der Waals surface area (Å²) in [6, 6.07) is 0. The number of rotatable bonds is 8. The maximum atomic E-state index is 6.30. The Labute approximate surface area is 124 Å². The molecule has 0 aromatic heterocycles. The van der Waals surface area contributed by atoms with E-state index in [1.54, 1.807) is 0 Å². The van der Waals surface area contributed by atoms with E-state index in [1.165, 1.54) is 25.1 Å². The van der Waals surface area contributed by atoms with Crippen molar-refractivity contribution in [1.29, 1.82) is 0 Å². The summed E-state index contributed by atoms with van der Waals surface area (Å²) in [4.78, 5) is 2.15. The first kappa shape index (κ1) is 18.2. The Morgan fingerprint density at radius 1 is 1.33 bits per heavy atom. The number of hydrogen-bond acceptors (Lipinski definition) is 3. The van der Waals surface area contributed by atoms with Crippen LogP contribution in [0.2, 0.25) is 19.6 Å². The molecule has 0 aliphatic rings. The zero-order chi connectivity index (χ0) is 14.4. The predicted octanol–water partition coefficient (Wildman–Crippen LogP) is 2.78. The number of nitrogens with zero attached hydrogens (tertiary/aromatic N) is 1. The van der Waals surface area contributed by atoms with Crippen LogP contribution in [0.25, 0.3) is 0 Å². The third-order valence-electron chi connectivity index (χ3n) is 2.31. The Morgan fingerprint density at radius 2 is 1.89 bits per heavy atom. The second-order valence-electron chi connectivity index (χ2n) is 5.69. The second-order valence-corrected chi connectivity index (χ2v) is 10.9. The summed E-state index contributed by atoms with van der Waals surface area (Å²) in [5.41, 5.74) is 0.899. The average molecular weight is 441 g/mol. The van der Waals surface area contributed by atoms with Crippen LogP contribution in [0, 0.1) is 0 Å². The van der Waals surface area contributed by atoms with Crippen molar-refractivity contribution in [3.05, 3.63) is 11.8 Å². The summed E-state index contributed by atoms with van der Waals surface area (Å²) >= 11 is 1.43. The molecule has 0 spiro atoms. The molecule has 106 valence electrons. The monoisotopic (exact) mass is 441 g/mol. The van der Waals surface area contributed by atoms with E-state index in [0.29, 0.717) is 6.61 Å². The van der Waals surface area contributed by atoms with Crippen LogP contribution in [0.3, 0.4) is 0 Å². The molecule has 0 fully saturated rings. The molecular weight excluding hydrogens is 414 g/mol. The van der Waals surface area contributed by atoms with Crippen molar-refractivity contribution in [2.45, 2.75) is 46.0 Å². The van der Waals surface area contributed by atoms with Gasteiger partial charge in [-0.3, -0.25) is 0 Å². The molecule has 0 unspecified atom stereocenters.